The molecule has 0 radical (unpaired) electrons. The first-order valence-electron chi connectivity index (χ1n) is 11.0. The average Bonchev–Trinajstić information content (AvgIpc) is 3.52. The van der Waals surface area contributed by atoms with Crippen LogP contribution in [0.5, 0.6) is 5.75 Å². The molecule has 3 aromatic heterocycles. The van der Waals surface area contributed by atoms with Crippen LogP contribution in [0.1, 0.15) is 35.1 Å². The SMILES string of the molecule is Cc1nnc(-c2cc3c(OC[C@@H](O)CN4CCC(c5sccc5C)CC4)cccc3o2)o1. The molecule has 0 saturated carbocycles. The fourth-order valence-corrected chi connectivity index (χ4v) is 5.48. The van der Waals surface area contributed by atoms with Gasteiger partial charge in [-0.15, -0.1) is 21.5 Å². The Morgan fingerprint density at radius 1 is 1.19 bits per heavy atom. The summed E-state index contributed by atoms with van der Waals surface area (Å²) < 4.78 is 17.3. The molecule has 1 saturated heterocycles. The fourth-order valence-electron chi connectivity index (χ4n) is 4.38. The topological polar surface area (TPSA) is 84.8 Å². The molecular weight excluding hydrogens is 426 g/mol. The minimum absolute atomic E-state index is 0.225. The van der Waals surface area contributed by atoms with E-state index in [9.17, 15) is 5.11 Å². The van der Waals surface area contributed by atoms with Gasteiger partial charge in [0.25, 0.3) is 5.89 Å². The van der Waals surface area contributed by atoms with Crippen molar-refractivity contribution in [2.45, 2.75) is 38.7 Å². The number of benzene rings is 1. The highest BCUT2D eigenvalue weighted by Crippen LogP contribution is 2.34. The molecule has 7 nitrogen and oxygen atoms in total. The quantitative estimate of drug-likeness (QED) is 0.431. The number of aliphatic hydroxyl groups excluding tert-OH is 1. The second-order valence-corrected chi connectivity index (χ2v) is 9.36. The van der Waals surface area contributed by atoms with E-state index in [1.54, 1.807) is 6.92 Å². The highest BCUT2D eigenvalue weighted by Gasteiger charge is 2.24. The van der Waals surface area contributed by atoms with Crippen molar-refractivity contribution in [3.63, 3.8) is 0 Å². The van der Waals surface area contributed by atoms with Gasteiger partial charge in [-0.05, 0) is 67.9 Å². The zero-order valence-electron chi connectivity index (χ0n) is 18.3. The lowest BCUT2D eigenvalue weighted by atomic mass is 9.93. The Labute approximate surface area is 190 Å². The van der Waals surface area contributed by atoms with Crippen LogP contribution in [-0.4, -0.2) is 52.5 Å². The first-order valence-corrected chi connectivity index (χ1v) is 11.8. The van der Waals surface area contributed by atoms with Crippen LogP contribution in [0, 0.1) is 13.8 Å². The number of rotatable bonds is 7. The first kappa shape index (κ1) is 21.2. The normalized spacial score (nSPS) is 16.6. The molecule has 1 N–H and O–H groups in total. The number of hydrogen-bond acceptors (Lipinski definition) is 8. The lowest BCUT2D eigenvalue weighted by molar-refractivity contribution is 0.0600. The van der Waals surface area contributed by atoms with Crippen molar-refractivity contribution in [1.82, 2.24) is 15.1 Å². The maximum atomic E-state index is 10.6. The smallest absolute Gasteiger partial charge is 0.283 e. The Kier molecular flexibility index (Phi) is 5.99. The molecule has 168 valence electrons. The van der Waals surface area contributed by atoms with Crippen molar-refractivity contribution in [1.29, 1.82) is 0 Å². The average molecular weight is 454 g/mol. The van der Waals surface area contributed by atoms with Gasteiger partial charge in [0.15, 0.2) is 5.76 Å². The van der Waals surface area contributed by atoms with Crippen molar-refractivity contribution in [2.75, 3.05) is 26.2 Å². The maximum absolute atomic E-state index is 10.6. The standard InChI is InChI=1S/C24H27N3O4S/c1-15-8-11-32-23(15)17-6-9-27(10-7-17)13-18(28)14-29-20-4-3-5-21-19(20)12-22(31-21)24-26-25-16(2)30-24/h3-5,8,11-12,17-18,28H,6-7,9-10,13-14H2,1-2H3/t18-/m0/s1. The fraction of sp³-hybridized carbons (Fsp3) is 0.417. The van der Waals surface area contributed by atoms with E-state index >= 15 is 0 Å². The number of aromatic nitrogens is 2. The van der Waals surface area contributed by atoms with Crippen LogP contribution in [0.4, 0.5) is 0 Å². The number of hydrogen-bond donors (Lipinski definition) is 1. The molecule has 4 heterocycles. The monoisotopic (exact) mass is 453 g/mol. The van der Waals surface area contributed by atoms with Gasteiger partial charge in [0.05, 0.1) is 5.39 Å². The number of nitrogens with zero attached hydrogens (tertiary/aromatic N) is 3. The molecule has 1 aliphatic heterocycles. The van der Waals surface area contributed by atoms with E-state index in [1.807, 2.05) is 35.6 Å². The predicted octanol–water partition coefficient (Wildman–Crippen LogP) is 4.78. The zero-order chi connectivity index (χ0) is 22.1. The minimum atomic E-state index is -0.560. The van der Waals surface area contributed by atoms with Crippen LogP contribution in [-0.2, 0) is 0 Å². The van der Waals surface area contributed by atoms with E-state index in [0.29, 0.717) is 41.3 Å². The lowest BCUT2D eigenvalue weighted by Gasteiger charge is -2.33. The molecule has 1 atom stereocenters. The van der Waals surface area contributed by atoms with Crippen LogP contribution in [0.2, 0.25) is 0 Å². The summed E-state index contributed by atoms with van der Waals surface area (Å²) in [5, 5.41) is 21.5. The molecule has 5 rings (SSSR count). The predicted molar refractivity (Wildman–Crippen MR) is 123 cm³/mol. The first-order chi connectivity index (χ1) is 15.6. The Morgan fingerprint density at radius 3 is 2.75 bits per heavy atom. The van der Waals surface area contributed by atoms with E-state index in [4.69, 9.17) is 13.6 Å². The molecule has 0 amide bonds. The molecule has 1 aromatic carbocycles. The Balaban J connectivity index is 1.17. The molecule has 1 aliphatic rings. The van der Waals surface area contributed by atoms with Crippen molar-refractivity contribution in [3.05, 3.63) is 52.0 Å². The van der Waals surface area contributed by atoms with Gasteiger partial charge in [-0.2, -0.15) is 0 Å². The number of β-amino-alcohol motifs (C(OH)–C–C–N with tert-alkyl or cyclic N) is 1. The lowest BCUT2D eigenvalue weighted by Crippen LogP contribution is -2.40. The summed E-state index contributed by atoms with van der Waals surface area (Å²) in [6.45, 7) is 6.78. The van der Waals surface area contributed by atoms with E-state index in [1.165, 1.54) is 10.4 Å². The Morgan fingerprint density at radius 2 is 2.03 bits per heavy atom. The third-order valence-corrected chi connectivity index (χ3v) is 7.20. The summed E-state index contributed by atoms with van der Waals surface area (Å²) in [6, 6.07) is 9.65. The summed E-state index contributed by atoms with van der Waals surface area (Å²) in [4.78, 5) is 3.86. The molecule has 0 aliphatic carbocycles. The molecule has 0 unspecified atom stereocenters. The van der Waals surface area contributed by atoms with Crippen LogP contribution in [0.3, 0.4) is 0 Å². The van der Waals surface area contributed by atoms with Gasteiger partial charge in [-0.3, -0.25) is 0 Å². The largest absolute Gasteiger partial charge is 0.490 e. The second kappa shape index (κ2) is 9.05. The molecule has 0 spiro atoms. The third-order valence-electron chi connectivity index (χ3n) is 6.02. The van der Waals surface area contributed by atoms with Gasteiger partial charge in [-0.1, -0.05) is 6.07 Å². The summed E-state index contributed by atoms with van der Waals surface area (Å²) in [5.41, 5.74) is 2.08. The number of piperidine rings is 1. The van der Waals surface area contributed by atoms with Crippen LogP contribution < -0.4 is 4.74 Å². The van der Waals surface area contributed by atoms with Crippen LogP contribution in [0.15, 0.2) is 44.5 Å². The number of thiophene rings is 1. The highest BCUT2D eigenvalue weighted by atomic mass is 32.1. The summed E-state index contributed by atoms with van der Waals surface area (Å²) in [7, 11) is 0. The van der Waals surface area contributed by atoms with Gasteiger partial charge in [0.1, 0.15) is 24.0 Å². The number of furan rings is 1. The number of aryl methyl sites for hydroxylation is 2. The number of aliphatic hydroxyl groups is 1. The van der Waals surface area contributed by atoms with Crippen molar-refractivity contribution in [2.24, 2.45) is 0 Å². The minimum Gasteiger partial charge on any atom is -0.490 e. The number of likely N-dealkylation sites (tertiary alicyclic amines) is 1. The van der Waals surface area contributed by atoms with Crippen molar-refractivity contribution >= 4 is 22.3 Å². The summed E-state index contributed by atoms with van der Waals surface area (Å²) >= 11 is 1.87. The molecule has 4 aromatic rings. The van der Waals surface area contributed by atoms with Crippen molar-refractivity contribution in [3.8, 4) is 17.4 Å². The van der Waals surface area contributed by atoms with E-state index < -0.39 is 6.10 Å². The van der Waals surface area contributed by atoms with E-state index in [2.05, 4.69) is 33.5 Å². The summed E-state index contributed by atoms with van der Waals surface area (Å²) in [6.07, 6.45) is 1.72. The molecule has 1 fully saturated rings. The Hall–Kier alpha value is -2.68. The molecule has 0 bridgehead atoms. The second-order valence-electron chi connectivity index (χ2n) is 8.41. The Bertz CT molecular complexity index is 1190. The molecule has 8 heteroatoms. The molecule has 32 heavy (non-hydrogen) atoms. The van der Waals surface area contributed by atoms with Gasteiger partial charge >= 0.3 is 0 Å². The van der Waals surface area contributed by atoms with Crippen molar-refractivity contribution < 1.29 is 18.7 Å². The van der Waals surface area contributed by atoms with Gasteiger partial charge in [-0.25, -0.2) is 0 Å². The van der Waals surface area contributed by atoms with Gasteiger partial charge in [0, 0.05) is 24.4 Å². The van der Waals surface area contributed by atoms with Gasteiger partial charge < -0.3 is 23.6 Å². The zero-order valence-corrected chi connectivity index (χ0v) is 19.1. The van der Waals surface area contributed by atoms with E-state index in [-0.39, 0.29) is 6.61 Å². The number of ether oxygens (including phenoxy) is 1. The third kappa shape index (κ3) is 4.44. The highest BCUT2D eigenvalue weighted by molar-refractivity contribution is 7.10. The maximum Gasteiger partial charge on any atom is 0.283 e. The summed E-state index contributed by atoms with van der Waals surface area (Å²) in [5.74, 6) is 2.64. The molecular formula is C24H27N3O4S. The van der Waals surface area contributed by atoms with Crippen LogP contribution in [0.25, 0.3) is 22.6 Å². The number of fused-ring (bicyclic) bond motifs is 1. The van der Waals surface area contributed by atoms with Crippen LogP contribution >= 0.6 is 11.3 Å². The van der Waals surface area contributed by atoms with Gasteiger partial charge in [0.2, 0.25) is 5.89 Å². The van der Waals surface area contributed by atoms with E-state index in [0.717, 1.165) is 31.3 Å².